The van der Waals surface area contributed by atoms with Gasteiger partial charge in [-0.25, -0.2) is 0 Å². The summed E-state index contributed by atoms with van der Waals surface area (Å²) in [6.45, 7) is 19.1. The van der Waals surface area contributed by atoms with E-state index in [0.717, 1.165) is 11.4 Å². The molecule has 0 spiro atoms. The first-order valence-corrected chi connectivity index (χ1v) is 25.1. The summed E-state index contributed by atoms with van der Waals surface area (Å²) in [6.07, 6.45) is 0. The molecule has 2 aliphatic rings. The highest BCUT2D eigenvalue weighted by atomic mass is 32.1. The Balaban J connectivity index is 1.11. The molecule has 1 heterocycles. The summed E-state index contributed by atoms with van der Waals surface area (Å²) in [5.74, 6) is 0. The van der Waals surface area contributed by atoms with E-state index in [2.05, 4.69) is 260 Å². The van der Waals surface area contributed by atoms with Gasteiger partial charge in [-0.2, -0.15) is 0 Å². The van der Waals surface area contributed by atoms with E-state index >= 15 is 0 Å². The number of benzene rings is 9. The van der Waals surface area contributed by atoms with Gasteiger partial charge in [0.1, 0.15) is 0 Å². The number of hydrogen-bond donors (Lipinski definition) is 0. The molecule has 0 bridgehead atoms. The van der Waals surface area contributed by atoms with Crippen molar-refractivity contribution in [2.24, 2.45) is 0 Å². The van der Waals surface area contributed by atoms with Crippen LogP contribution in [0.3, 0.4) is 0 Å². The lowest BCUT2D eigenvalue weighted by Crippen LogP contribution is -2.28. The van der Waals surface area contributed by atoms with Crippen LogP contribution in [0, 0.1) is 0 Å². The second-order valence-corrected chi connectivity index (χ2v) is 22.7. The molecular weight excluding hydrogens is 839 g/mol. The van der Waals surface area contributed by atoms with Gasteiger partial charge in [-0.15, -0.1) is 11.3 Å². The molecule has 0 saturated heterocycles. The van der Waals surface area contributed by atoms with Gasteiger partial charge < -0.3 is 4.90 Å². The summed E-state index contributed by atoms with van der Waals surface area (Å²) in [5.41, 5.74) is 21.1. The SMILES string of the molecule is CC(C)(C)c1cc(C(C)(C)C)c2sc3c4c(ccc3c2c1)-c1c(N(c2ccc(-c3ccccc3)cc2)c2cccc(C3(c5ccccc5)c5ccccc5-c5ccccc53)c2)cccc1C4(C)C. The van der Waals surface area contributed by atoms with Gasteiger partial charge in [-0.3, -0.25) is 0 Å². The van der Waals surface area contributed by atoms with Crippen molar-refractivity contribution >= 4 is 48.6 Å². The van der Waals surface area contributed by atoms with E-state index in [1.807, 2.05) is 11.3 Å². The van der Waals surface area contributed by atoms with Crippen molar-refractivity contribution in [3.63, 3.8) is 0 Å². The van der Waals surface area contributed by atoms with Gasteiger partial charge in [0.05, 0.1) is 11.1 Å². The van der Waals surface area contributed by atoms with Gasteiger partial charge in [-0.05, 0) is 120 Å². The highest BCUT2D eigenvalue weighted by Gasteiger charge is 2.46. The second-order valence-electron chi connectivity index (χ2n) is 21.7. The first-order valence-electron chi connectivity index (χ1n) is 24.3. The maximum atomic E-state index is 2.54. The van der Waals surface area contributed by atoms with E-state index in [4.69, 9.17) is 0 Å². The Labute approximate surface area is 406 Å². The van der Waals surface area contributed by atoms with Crippen molar-refractivity contribution in [2.45, 2.75) is 77.0 Å². The van der Waals surface area contributed by atoms with E-state index in [1.54, 1.807) is 0 Å². The molecule has 0 saturated carbocycles. The minimum atomic E-state index is -0.522. The molecule has 0 aliphatic heterocycles. The molecule has 0 atom stereocenters. The summed E-state index contributed by atoms with van der Waals surface area (Å²) >= 11 is 2.01. The summed E-state index contributed by atoms with van der Waals surface area (Å²) in [6, 6.07) is 75.5. The minimum Gasteiger partial charge on any atom is -0.310 e. The predicted molar refractivity (Wildman–Crippen MR) is 292 cm³/mol. The van der Waals surface area contributed by atoms with Crippen LogP contribution in [-0.4, -0.2) is 0 Å². The third-order valence-corrected chi connectivity index (χ3v) is 16.5. The highest BCUT2D eigenvalue weighted by molar-refractivity contribution is 7.26. The molecule has 332 valence electrons. The van der Waals surface area contributed by atoms with Gasteiger partial charge in [0.15, 0.2) is 0 Å². The zero-order valence-corrected chi connectivity index (χ0v) is 41.2. The van der Waals surface area contributed by atoms with Gasteiger partial charge >= 0.3 is 0 Å². The molecule has 0 radical (unpaired) electrons. The number of nitrogens with zero attached hydrogens (tertiary/aromatic N) is 1. The third-order valence-electron chi connectivity index (χ3n) is 15.2. The molecule has 1 nitrogen and oxygen atoms in total. The molecule has 0 unspecified atom stereocenters. The summed E-state index contributed by atoms with van der Waals surface area (Å²) in [4.78, 5) is 2.54. The number of fused-ring (bicyclic) bond motifs is 10. The van der Waals surface area contributed by atoms with Crippen molar-refractivity contribution < 1.29 is 0 Å². The van der Waals surface area contributed by atoms with Crippen molar-refractivity contribution in [2.75, 3.05) is 4.90 Å². The molecule has 12 rings (SSSR count). The Hall–Kier alpha value is -7.00. The smallest absolute Gasteiger partial charge is 0.0714 e. The number of thiophene rings is 1. The Morgan fingerprint density at radius 2 is 1.01 bits per heavy atom. The first kappa shape index (κ1) is 42.4. The first-order chi connectivity index (χ1) is 32.8. The number of anilines is 3. The second kappa shape index (κ2) is 15.3. The average molecular weight is 896 g/mol. The molecule has 0 N–H and O–H groups in total. The Kier molecular flexibility index (Phi) is 9.50. The van der Waals surface area contributed by atoms with E-state index in [-0.39, 0.29) is 16.2 Å². The lowest BCUT2D eigenvalue weighted by molar-refractivity contribution is 0.573. The van der Waals surface area contributed by atoms with Crippen LogP contribution in [0.5, 0.6) is 0 Å². The fourth-order valence-corrected chi connectivity index (χ4v) is 13.6. The highest BCUT2D eigenvalue weighted by Crippen LogP contribution is 2.60. The van der Waals surface area contributed by atoms with Crippen molar-refractivity contribution in [3.05, 3.63) is 245 Å². The van der Waals surface area contributed by atoms with Crippen LogP contribution in [0.1, 0.15) is 99.9 Å². The standard InChI is InChI=1S/C66H57NS/c1-63(2,3)46-40-53-51-37-38-52-59-56(65(7,8)60(52)62(51)68-61(53)57(41-46)64(4,5)6)31-20-32-58(59)67(47-35-33-43(34-36-47)42-21-11-9-12-22-42)48-26-19-25-45(39-48)66(44-23-13-10-14-24-44)54-29-17-15-27-49(54)50-28-16-18-30-55(50)66/h9-41H,1-8H3. The van der Waals surface area contributed by atoms with E-state index in [1.165, 1.54) is 104 Å². The Morgan fingerprint density at radius 1 is 0.426 bits per heavy atom. The fourth-order valence-electron chi connectivity index (χ4n) is 11.9. The molecule has 2 aliphatic carbocycles. The van der Waals surface area contributed by atoms with Crippen LogP contribution in [-0.2, 0) is 21.7 Å². The molecular formula is C66H57NS. The van der Waals surface area contributed by atoms with Crippen LogP contribution in [0.25, 0.3) is 53.6 Å². The minimum absolute atomic E-state index is 0.00204. The molecule has 10 aromatic rings. The van der Waals surface area contributed by atoms with Crippen LogP contribution < -0.4 is 4.90 Å². The summed E-state index contributed by atoms with van der Waals surface area (Å²) < 4.78 is 2.82. The molecule has 2 heteroatoms. The maximum absolute atomic E-state index is 2.54. The number of hydrogen-bond acceptors (Lipinski definition) is 2. The molecule has 0 fully saturated rings. The van der Waals surface area contributed by atoms with Crippen LogP contribution in [0.2, 0.25) is 0 Å². The quantitative estimate of drug-likeness (QED) is 0.161. The zero-order chi connectivity index (χ0) is 46.7. The van der Waals surface area contributed by atoms with Crippen LogP contribution in [0.15, 0.2) is 200 Å². The molecule has 68 heavy (non-hydrogen) atoms. The number of rotatable bonds is 6. The van der Waals surface area contributed by atoms with Crippen molar-refractivity contribution in [1.82, 2.24) is 0 Å². The molecule has 9 aromatic carbocycles. The van der Waals surface area contributed by atoms with Crippen LogP contribution >= 0.6 is 11.3 Å². The van der Waals surface area contributed by atoms with Gasteiger partial charge in [0.25, 0.3) is 0 Å². The van der Waals surface area contributed by atoms with Crippen LogP contribution in [0.4, 0.5) is 17.1 Å². The molecule has 0 amide bonds. The largest absolute Gasteiger partial charge is 0.310 e. The van der Waals surface area contributed by atoms with Gasteiger partial charge in [0, 0.05) is 42.5 Å². The maximum Gasteiger partial charge on any atom is 0.0714 e. The summed E-state index contributed by atoms with van der Waals surface area (Å²) in [7, 11) is 0. The van der Waals surface area contributed by atoms with E-state index in [9.17, 15) is 0 Å². The summed E-state index contributed by atoms with van der Waals surface area (Å²) in [5, 5.41) is 2.75. The third kappa shape index (κ3) is 6.26. The predicted octanol–water partition coefficient (Wildman–Crippen LogP) is 18.5. The van der Waals surface area contributed by atoms with E-state index < -0.39 is 5.41 Å². The Morgan fingerprint density at radius 3 is 1.68 bits per heavy atom. The topological polar surface area (TPSA) is 3.24 Å². The molecule has 1 aromatic heterocycles. The zero-order valence-electron chi connectivity index (χ0n) is 40.4. The van der Waals surface area contributed by atoms with E-state index in [0.29, 0.717) is 0 Å². The van der Waals surface area contributed by atoms with Crippen molar-refractivity contribution in [1.29, 1.82) is 0 Å². The van der Waals surface area contributed by atoms with Gasteiger partial charge in [0.2, 0.25) is 0 Å². The fraction of sp³-hybridized carbons (Fsp3) is 0.182. The lowest BCUT2D eigenvalue weighted by atomic mass is 9.67. The lowest BCUT2D eigenvalue weighted by Gasteiger charge is -2.35. The average Bonchev–Trinajstić information content (AvgIpc) is 3.95. The Bertz CT molecular complexity index is 3550. The monoisotopic (exact) mass is 895 g/mol. The normalized spacial score (nSPS) is 14.4. The van der Waals surface area contributed by atoms with Gasteiger partial charge in [-0.1, -0.05) is 219 Å². The van der Waals surface area contributed by atoms with Crippen molar-refractivity contribution in [3.8, 4) is 33.4 Å².